The Labute approximate surface area is 170 Å². The molecule has 0 aliphatic carbocycles. The molecule has 0 amide bonds. The average molecular weight is 396 g/mol. The van der Waals surface area contributed by atoms with E-state index in [0.29, 0.717) is 24.4 Å². The predicted molar refractivity (Wildman–Crippen MR) is 114 cm³/mol. The van der Waals surface area contributed by atoms with Crippen molar-refractivity contribution in [1.29, 1.82) is 0 Å². The molecule has 1 aromatic carbocycles. The van der Waals surface area contributed by atoms with Crippen LogP contribution in [0.2, 0.25) is 0 Å². The zero-order valence-electron chi connectivity index (χ0n) is 17.6. The molecule has 1 unspecified atom stereocenters. The first-order valence-corrected chi connectivity index (χ1v) is 9.76. The van der Waals surface area contributed by atoms with Crippen LogP contribution in [-0.4, -0.2) is 31.2 Å². The smallest absolute Gasteiger partial charge is 0.320 e. The number of benzene rings is 1. The highest BCUT2D eigenvalue weighted by Crippen LogP contribution is 2.24. The van der Waals surface area contributed by atoms with E-state index < -0.39 is 12.0 Å². The van der Waals surface area contributed by atoms with Crippen LogP contribution >= 0.6 is 0 Å². The van der Waals surface area contributed by atoms with Crippen molar-refractivity contribution < 1.29 is 9.90 Å². The number of carboxylic acid groups (broad SMARTS) is 1. The van der Waals surface area contributed by atoms with Crippen LogP contribution in [0.15, 0.2) is 35.3 Å². The minimum Gasteiger partial charge on any atom is -0.480 e. The van der Waals surface area contributed by atoms with Crippen LogP contribution in [0, 0.1) is 12.8 Å². The minimum absolute atomic E-state index is 0.0183. The van der Waals surface area contributed by atoms with E-state index in [-0.39, 0.29) is 5.56 Å². The van der Waals surface area contributed by atoms with E-state index in [1.807, 2.05) is 49.7 Å². The molecular formula is C22H28N4O3. The van der Waals surface area contributed by atoms with E-state index in [0.717, 1.165) is 28.0 Å². The van der Waals surface area contributed by atoms with Crippen molar-refractivity contribution in [3.8, 4) is 11.4 Å². The summed E-state index contributed by atoms with van der Waals surface area (Å²) in [5.41, 5.74) is 4.33. The average Bonchev–Trinajstić information content (AvgIpc) is 2.98. The van der Waals surface area contributed by atoms with Crippen molar-refractivity contribution in [3.63, 3.8) is 0 Å². The van der Waals surface area contributed by atoms with Gasteiger partial charge < -0.3 is 19.6 Å². The number of nitrogens with one attached hydrogen (secondary N) is 1. The summed E-state index contributed by atoms with van der Waals surface area (Å²) < 4.78 is 3.57. The molecule has 2 N–H and O–H groups in total. The summed E-state index contributed by atoms with van der Waals surface area (Å²) in [5, 5.41) is 12.5. The van der Waals surface area contributed by atoms with Gasteiger partial charge in [0.25, 0.3) is 5.56 Å². The molecule has 0 bridgehead atoms. The second-order valence-corrected chi connectivity index (χ2v) is 8.05. The Morgan fingerprint density at radius 1 is 1.24 bits per heavy atom. The fraction of sp³-hybridized carbons (Fsp3) is 0.409. The van der Waals surface area contributed by atoms with Gasteiger partial charge in [0.2, 0.25) is 0 Å². The lowest BCUT2D eigenvalue weighted by Gasteiger charge is -2.16. The van der Waals surface area contributed by atoms with E-state index in [4.69, 9.17) is 4.98 Å². The highest BCUT2D eigenvalue weighted by Gasteiger charge is 2.18. The third-order valence-corrected chi connectivity index (χ3v) is 5.12. The zero-order valence-corrected chi connectivity index (χ0v) is 17.6. The van der Waals surface area contributed by atoms with Crippen molar-refractivity contribution in [3.05, 3.63) is 51.9 Å². The largest absolute Gasteiger partial charge is 0.480 e. The first-order chi connectivity index (χ1) is 13.7. The zero-order chi connectivity index (χ0) is 21.3. The van der Waals surface area contributed by atoms with E-state index in [1.165, 1.54) is 0 Å². The summed E-state index contributed by atoms with van der Waals surface area (Å²) in [6, 6.07) is 7.25. The number of carboxylic acids is 1. The number of aryl methyl sites for hydroxylation is 3. The van der Waals surface area contributed by atoms with Crippen LogP contribution in [0.25, 0.3) is 22.4 Å². The molecule has 1 atom stereocenters. The second-order valence-electron chi connectivity index (χ2n) is 8.05. The third-order valence-electron chi connectivity index (χ3n) is 5.12. The van der Waals surface area contributed by atoms with Crippen LogP contribution in [0.1, 0.15) is 31.4 Å². The first-order valence-electron chi connectivity index (χ1n) is 9.76. The quantitative estimate of drug-likeness (QED) is 0.641. The molecule has 0 fully saturated rings. The van der Waals surface area contributed by atoms with Gasteiger partial charge in [-0.1, -0.05) is 19.9 Å². The molecule has 2 heterocycles. The maximum Gasteiger partial charge on any atom is 0.320 e. The second kappa shape index (κ2) is 8.21. The van der Waals surface area contributed by atoms with Crippen LogP contribution in [-0.2, 0) is 25.4 Å². The van der Waals surface area contributed by atoms with Crippen LogP contribution in [0.4, 0.5) is 0 Å². The molecule has 0 saturated heterocycles. The number of hydrogen-bond donors (Lipinski definition) is 2. The highest BCUT2D eigenvalue weighted by molar-refractivity contribution is 5.81. The van der Waals surface area contributed by atoms with E-state index in [2.05, 4.69) is 5.32 Å². The third kappa shape index (κ3) is 4.40. The summed E-state index contributed by atoms with van der Waals surface area (Å²) in [4.78, 5) is 28.2. The van der Waals surface area contributed by atoms with Gasteiger partial charge in [-0.25, -0.2) is 4.98 Å². The number of hydrogen-bond acceptors (Lipinski definition) is 4. The fourth-order valence-corrected chi connectivity index (χ4v) is 3.60. The molecule has 29 heavy (non-hydrogen) atoms. The Morgan fingerprint density at radius 3 is 2.59 bits per heavy atom. The Balaban J connectivity index is 1.90. The highest BCUT2D eigenvalue weighted by atomic mass is 16.4. The molecule has 0 spiro atoms. The normalized spacial score (nSPS) is 12.6. The molecular weight excluding hydrogens is 368 g/mol. The van der Waals surface area contributed by atoms with Crippen molar-refractivity contribution in [2.75, 3.05) is 0 Å². The van der Waals surface area contributed by atoms with E-state index in [1.54, 1.807) is 24.7 Å². The van der Waals surface area contributed by atoms with Gasteiger partial charge in [-0.3, -0.25) is 9.59 Å². The Morgan fingerprint density at radius 2 is 1.97 bits per heavy atom. The molecule has 3 rings (SSSR count). The van der Waals surface area contributed by atoms with Gasteiger partial charge in [-0.15, -0.1) is 0 Å². The molecule has 0 aliphatic heterocycles. The van der Waals surface area contributed by atoms with E-state index in [9.17, 15) is 14.7 Å². The number of aromatic nitrogens is 3. The minimum atomic E-state index is -0.829. The lowest BCUT2D eigenvalue weighted by molar-refractivity contribution is -0.140. The Kier molecular flexibility index (Phi) is 5.88. The number of pyridine rings is 1. The monoisotopic (exact) mass is 396 g/mol. The number of imidazole rings is 1. The van der Waals surface area contributed by atoms with Crippen LogP contribution < -0.4 is 10.9 Å². The summed E-state index contributed by atoms with van der Waals surface area (Å²) in [5.74, 6) is 0.256. The lowest BCUT2D eigenvalue weighted by atomic mass is 10.0. The van der Waals surface area contributed by atoms with Gasteiger partial charge in [0.05, 0.1) is 11.0 Å². The Hall–Kier alpha value is -2.93. The molecule has 3 aromatic rings. The molecule has 7 heteroatoms. The molecule has 7 nitrogen and oxygen atoms in total. The number of nitrogens with zero attached hydrogens (tertiary/aromatic N) is 3. The topological polar surface area (TPSA) is 89.2 Å². The maximum absolute atomic E-state index is 12.0. The van der Waals surface area contributed by atoms with Gasteiger partial charge in [0.1, 0.15) is 11.9 Å². The van der Waals surface area contributed by atoms with E-state index >= 15 is 0 Å². The standard InChI is InChI=1S/C22H28N4O3/c1-13(2)8-18(22(28)29)23-11-15-6-7-19-17(10-15)24-20(26(19)5)16-9-14(3)21(27)25(4)12-16/h6-7,9-10,12-13,18,23H,8,11H2,1-5H3,(H,28,29). The molecule has 154 valence electrons. The summed E-state index contributed by atoms with van der Waals surface area (Å²) in [6.45, 7) is 6.29. The fourth-order valence-electron chi connectivity index (χ4n) is 3.60. The lowest BCUT2D eigenvalue weighted by Crippen LogP contribution is -2.37. The summed E-state index contributed by atoms with van der Waals surface area (Å²) >= 11 is 0. The molecule has 0 saturated carbocycles. The van der Waals surface area contributed by atoms with Gasteiger partial charge in [-0.05, 0) is 43.0 Å². The SMILES string of the molecule is Cc1cc(-c2nc3cc(CNC(CC(C)C)C(=O)O)ccc3n2C)cn(C)c1=O. The number of rotatable bonds is 7. The van der Waals surface area contributed by atoms with Crippen molar-refractivity contribution in [2.24, 2.45) is 20.0 Å². The molecule has 0 radical (unpaired) electrons. The van der Waals surface area contributed by atoms with Gasteiger partial charge >= 0.3 is 5.97 Å². The summed E-state index contributed by atoms with van der Waals surface area (Å²) in [7, 11) is 3.69. The number of fused-ring (bicyclic) bond motifs is 1. The van der Waals surface area contributed by atoms with Gasteiger partial charge in [-0.2, -0.15) is 0 Å². The van der Waals surface area contributed by atoms with Crippen LogP contribution in [0.5, 0.6) is 0 Å². The summed E-state index contributed by atoms with van der Waals surface area (Å²) in [6.07, 6.45) is 2.37. The number of carbonyl (C=O) groups is 1. The predicted octanol–water partition coefficient (Wildman–Crippen LogP) is 2.84. The van der Waals surface area contributed by atoms with Gasteiger partial charge in [0.15, 0.2) is 0 Å². The Bertz CT molecular complexity index is 1080. The van der Waals surface area contributed by atoms with Gasteiger partial charge in [0, 0.05) is 38.0 Å². The van der Waals surface area contributed by atoms with Crippen molar-refractivity contribution in [2.45, 2.75) is 39.8 Å². The molecule has 0 aliphatic rings. The van der Waals surface area contributed by atoms with Crippen molar-refractivity contribution in [1.82, 2.24) is 19.4 Å². The maximum atomic E-state index is 12.0. The first kappa shape index (κ1) is 20.8. The molecule has 2 aromatic heterocycles. The number of aliphatic carboxylic acids is 1. The van der Waals surface area contributed by atoms with Crippen molar-refractivity contribution >= 4 is 17.0 Å². The van der Waals surface area contributed by atoms with Crippen LogP contribution in [0.3, 0.4) is 0 Å².